The fourth-order valence-electron chi connectivity index (χ4n) is 10.2. The molecule has 0 aliphatic heterocycles. The van der Waals surface area contributed by atoms with E-state index in [0.29, 0.717) is 6.42 Å². The minimum atomic E-state index is -0.641. The van der Waals surface area contributed by atoms with Crippen LogP contribution in [0.1, 0.15) is 99.8 Å². The zero-order valence-corrected chi connectivity index (χ0v) is 26.1. The summed E-state index contributed by atoms with van der Waals surface area (Å²) in [5, 5.41) is 0. The van der Waals surface area contributed by atoms with Crippen LogP contribution in [0.5, 0.6) is 0 Å². The number of fused-ring (bicyclic) bond motifs is 7. The molecule has 5 heteroatoms. The summed E-state index contributed by atoms with van der Waals surface area (Å²) < 4.78 is 0. The van der Waals surface area contributed by atoms with Crippen molar-refractivity contribution in [2.45, 2.75) is 106 Å². The Morgan fingerprint density at radius 1 is 0.944 bits per heavy atom. The fourth-order valence-corrected chi connectivity index (χ4v) is 10.2. The van der Waals surface area contributed by atoms with E-state index < -0.39 is 16.9 Å². The normalized spacial score (nSPS) is 48.6. The first-order chi connectivity index (χ1) is 16.1. The second kappa shape index (κ2) is 8.42. The second-order valence-corrected chi connectivity index (χ2v) is 14.9. The largest absolute Gasteiger partial charge is 0.541 e. The van der Waals surface area contributed by atoms with E-state index in [1.165, 1.54) is 5.57 Å². The van der Waals surface area contributed by atoms with Gasteiger partial charge in [-0.15, -0.1) is 5.41 Å². The Kier molecular flexibility index (Phi) is 6.63. The van der Waals surface area contributed by atoms with E-state index in [1.807, 2.05) is 19.9 Å². The van der Waals surface area contributed by atoms with E-state index >= 15 is 0 Å². The van der Waals surface area contributed by atoms with Crippen molar-refractivity contribution >= 4 is 17.9 Å². The maximum atomic E-state index is 14.2. The van der Waals surface area contributed by atoms with Gasteiger partial charge in [0.15, 0.2) is 5.78 Å². The van der Waals surface area contributed by atoms with Crippen molar-refractivity contribution in [1.29, 1.82) is 0 Å². The number of carbonyl (C=O) groups excluding carboxylic acids is 3. The topological polar surface area (TPSA) is 55.6 Å². The van der Waals surface area contributed by atoms with Gasteiger partial charge in [0.05, 0.1) is 0 Å². The average Bonchev–Trinajstić information content (AvgIpc) is 2.77. The van der Waals surface area contributed by atoms with Crippen LogP contribution in [0.25, 0.3) is 4.85 Å². The number of hydrogen-bond donors (Lipinski definition) is 0. The monoisotopic (exact) mass is 565 g/mol. The molecule has 0 aromatic carbocycles. The van der Waals surface area contributed by atoms with Crippen molar-refractivity contribution in [3.63, 3.8) is 0 Å². The molecule has 4 fully saturated rings. The minimum absolute atomic E-state index is 0. The number of Topliss-reactive ketones (excluding diaryl/α,β-unsaturated/α-hetero) is 1. The molecular weight excluding hydrogens is 523 g/mol. The fraction of sp³-hybridized carbons (Fsp3) is 0.806. The molecule has 0 N–H and O–H groups in total. The third-order valence-electron chi connectivity index (χ3n) is 12.5. The van der Waals surface area contributed by atoms with Crippen molar-refractivity contribution in [3.8, 4) is 0 Å². The van der Waals surface area contributed by atoms with Crippen molar-refractivity contribution in [3.05, 3.63) is 23.1 Å². The summed E-state index contributed by atoms with van der Waals surface area (Å²) in [6.45, 7) is 23.3. The number of carbonyl (C=O) groups is 2. The summed E-state index contributed by atoms with van der Waals surface area (Å²) in [4.78, 5) is 43.7. The summed E-state index contributed by atoms with van der Waals surface area (Å²) in [5.74, 6) is 0.251. The number of rotatable bonds is 1. The molecule has 4 nitrogen and oxygen atoms in total. The summed E-state index contributed by atoms with van der Waals surface area (Å²) in [6, 6.07) is -0.641. The van der Waals surface area contributed by atoms with Crippen LogP contribution in [0, 0.1) is 56.8 Å². The minimum Gasteiger partial charge on any atom is -0.541 e. The molecule has 0 saturated heterocycles. The molecule has 5 aliphatic rings. The molecule has 1 radical (unpaired) electrons. The quantitative estimate of drug-likeness (QED) is 0.339. The van der Waals surface area contributed by atoms with Crippen LogP contribution in [-0.2, 0) is 47.1 Å². The molecule has 5 rings (SSSR count). The molecular formula is C31H42NO3Y-. The molecule has 36 heavy (non-hydrogen) atoms. The van der Waals surface area contributed by atoms with Crippen molar-refractivity contribution < 1.29 is 47.1 Å². The Morgan fingerprint density at radius 3 is 2.19 bits per heavy atom. The van der Waals surface area contributed by atoms with Gasteiger partial charge in [-0.25, -0.2) is 6.57 Å². The molecule has 0 bridgehead atoms. The van der Waals surface area contributed by atoms with Gasteiger partial charge in [0.25, 0.3) is 6.04 Å². The Morgan fingerprint density at radius 2 is 1.58 bits per heavy atom. The number of nitrogens with zero attached hydrogens (tertiary/aromatic N) is 1. The van der Waals surface area contributed by atoms with Gasteiger partial charge in [0.2, 0.25) is 5.78 Å². The van der Waals surface area contributed by atoms with Crippen LogP contribution in [0.15, 0.2) is 11.6 Å². The molecule has 0 heterocycles. The van der Waals surface area contributed by atoms with Crippen LogP contribution in [0.3, 0.4) is 0 Å². The first kappa shape index (κ1) is 28.4. The van der Waals surface area contributed by atoms with Gasteiger partial charge < -0.3 is 9.64 Å². The third kappa shape index (κ3) is 3.40. The van der Waals surface area contributed by atoms with E-state index in [2.05, 4.69) is 45.7 Å². The third-order valence-corrected chi connectivity index (χ3v) is 12.5. The smallest absolute Gasteiger partial charge is 0.282 e. The summed E-state index contributed by atoms with van der Waals surface area (Å²) in [7, 11) is 0. The zero-order valence-electron chi connectivity index (χ0n) is 23.3. The van der Waals surface area contributed by atoms with Gasteiger partial charge in [0, 0.05) is 55.9 Å². The molecule has 193 valence electrons. The maximum Gasteiger partial charge on any atom is 0.282 e. The first-order valence-electron chi connectivity index (χ1n) is 13.7. The Balaban J connectivity index is 0.00000304. The van der Waals surface area contributed by atoms with E-state index in [-0.39, 0.29) is 83.7 Å². The SMILES string of the molecule is [C-]#[N+]C1C[C@]2(C)C3=CC(=O)C4C5CC(C)(C)CC[C@]5([C-]=O)CC[C@@]4(C)[C@]3(C)CC[C@H]2C(C)(C)C1=O.[Y]. The van der Waals surface area contributed by atoms with Crippen molar-refractivity contribution in [2.75, 3.05) is 0 Å². The van der Waals surface area contributed by atoms with Gasteiger partial charge in [-0.05, 0) is 66.3 Å². The Bertz CT molecular complexity index is 1080. The van der Waals surface area contributed by atoms with E-state index in [1.54, 1.807) is 0 Å². The van der Waals surface area contributed by atoms with Crippen LogP contribution in [-0.4, -0.2) is 23.9 Å². The van der Waals surface area contributed by atoms with Crippen LogP contribution in [0.4, 0.5) is 0 Å². The Labute approximate surface area is 242 Å². The van der Waals surface area contributed by atoms with E-state index in [9.17, 15) is 14.4 Å². The average molecular weight is 566 g/mol. The summed E-state index contributed by atoms with van der Waals surface area (Å²) in [6.07, 6.45) is 11.3. The summed E-state index contributed by atoms with van der Waals surface area (Å²) >= 11 is 0. The number of allylic oxidation sites excluding steroid dienone is 2. The van der Waals surface area contributed by atoms with Crippen molar-refractivity contribution in [2.24, 2.45) is 50.2 Å². The van der Waals surface area contributed by atoms with Crippen LogP contribution >= 0.6 is 0 Å². The zero-order chi connectivity index (χ0) is 25.8. The van der Waals surface area contributed by atoms with Crippen LogP contribution < -0.4 is 0 Å². The maximum absolute atomic E-state index is 14.2. The van der Waals surface area contributed by atoms with E-state index in [0.717, 1.165) is 44.9 Å². The van der Waals surface area contributed by atoms with Gasteiger partial charge in [-0.3, -0.25) is 15.9 Å². The predicted octanol–water partition coefficient (Wildman–Crippen LogP) is 6.54. The molecule has 0 spiro atoms. The second-order valence-electron chi connectivity index (χ2n) is 14.9. The standard InChI is InChI=1S/C31H42NO3.Y/c1-26(2)11-13-31(18-33)14-12-30(7)24(19(31)16-26)21(34)15-23-28(5)17-20(32-8)25(35)27(3,4)22(28)9-10-29(23,30)6;/h15,19-20,22,24H,9-14,16-17H2,1-7H3;/q-1;/t19?,20?,22-,24?,28-,29+,30+,31+;/m0./s1. The predicted molar refractivity (Wildman–Crippen MR) is 136 cm³/mol. The molecule has 3 unspecified atom stereocenters. The molecule has 4 saturated carbocycles. The van der Waals surface area contributed by atoms with Gasteiger partial charge >= 0.3 is 0 Å². The number of hydrogen-bond acceptors (Lipinski definition) is 3. The molecule has 8 atom stereocenters. The number of ketones is 2. The van der Waals surface area contributed by atoms with Gasteiger partial charge in [0.1, 0.15) is 0 Å². The summed E-state index contributed by atoms with van der Waals surface area (Å²) in [5.41, 5.74) is -0.526. The molecule has 0 aromatic heterocycles. The Hall–Kier alpha value is -0.656. The van der Waals surface area contributed by atoms with Gasteiger partial charge in [-0.1, -0.05) is 66.9 Å². The van der Waals surface area contributed by atoms with Gasteiger partial charge in [-0.2, -0.15) is 0 Å². The molecule has 0 amide bonds. The van der Waals surface area contributed by atoms with E-state index in [4.69, 9.17) is 6.57 Å². The van der Waals surface area contributed by atoms with Crippen LogP contribution in [0.2, 0.25) is 0 Å². The molecule has 5 aliphatic carbocycles. The van der Waals surface area contributed by atoms with Crippen molar-refractivity contribution in [1.82, 2.24) is 0 Å². The first-order valence-corrected chi connectivity index (χ1v) is 13.7. The molecule has 0 aromatic rings.